The molecule has 0 atom stereocenters. The highest BCUT2D eigenvalue weighted by molar-refractivity contribution is 6.30. The number of amides is 1. The maximum absolute atomic E-state index is 11.5. The predicted molar refractivity (Wildman–Crippen MR) is 79.7 cm³/mol. The lowest BCUT2D eigenvalue weighted by Gasteiger charge is -2.36. The van der Waals surface area contributed by atoms with Crippen molar-refractivity contribution in [3.8, 4) is 0 Å². The Morgan fingerprint density at radius 1 is 1.35 bits per heavy atom. The van der Waals surface area contributed by atoms with E-state index in [4.69, 9.17) is 16.3 Å². The molecule has 20 heavy (non-hydrogen) atoms. The van der Waals surface area contributed by atoms with E-state index in [0.29, 0.717) is 5.92 Å². The molecule has 4 nitrogen and oxygen atoms in total. The van der Waals surface area contributed by atoms with E-state index in [2.05, 4.69) is 16.9 Å². The Morgan fingerprint density at radius 3 is 2.65 bits per heavy atom. The van der Waals surface area contributed by atoms with Crippen LogP contribution in [0.2, 0.25) is 5.02 Å². The van der Waals surface area contributed by atoms with E-state index in [1.165, 1.54) is 5.56 Å². The summed E-state index contributed by atoms with van der Waals surface area (Å²) in [5, 5.41) is 0.769. The quantitative estimate of drug-likeness (QED) is 0.838. The molecule has 0 bridgehead atoms. The van der Waals surface area contributed by atoms with Crippen molar-refractivity contribution in [2.45, 2.75) is 51.2 Å². The van der Waals surface area contributed by atoms with Crippen molar-refractivity contribution >= 4 is 17.7 Å². The van der Waals surface area contributed by atoms with Gasteiger partial charge in [0.2, 0.25) is 0 Å². The highest BCUT2D eigenvalue weighted by atomic mass is 35.5. The zero-order valence-corrected chi connectivity index (χ0v) is 12.8. The lowest BCUT2D eigenvalue weighted by Crippen LogP contribution is -2.50. The van der Waals surface area contributed by atoms with Crippen molar-refractivity contribution in [2.24, 2.45) is 0 Å². The Hall–Kier alpha value is -1.26. The van der Waals surface area contributed by atoms with Gasteiger partial charge in [0.05, 0.1) is 0 Å². The molecule has 0 unspecified atom stereocenters. The van der Waals surface area contributed by atoms with Crippen molar-refractivity contribution in [3.05, 3.63) is 34.9 Å². The average molecular weight is 297 g/mol. The van der Waals surface area contributed by atoms with E-state index in [9.17, 15) is 4.79 Å². The highest BCUT2D eigenvalue weighted by Gasteiger charge is 2.30. The van der Waals surface area contributed by atoms with Gasteiger partial charge in [0.1, 0.15) is 5.60 Å². The van der Waals surface area contributed by atoms with Crippen LogP contribution in [-0.4, -0.2) is 17.7 Å². The molecule has 1 fully saturated rings. The number of hydrogen-bond donors (Lipinski definition) is 2. The minimum absolute atomic E-state index is 0.284. The largest absolute Gasteiger partial charge is 0.443 e. The predicted octanol–water partition coefficient (Wildman–Crippen LogP) is 3.62. The number of hydrazine groups is 1. The van der Waals surface area contributed by atoms with Gasteiger partial charge in [0, 0.05) is 11.1 Å². The first-order valence-corrected chi connectivity index (χ1v) is 7.21. The molecule has 0 radical (unpaired) electrons. The number of ether oxygens (including phenoxy) is 1. The van der Waals surface area contributed by atoms with Crippen molar-refractivity contribution < 1.29 is 9.53 Å². The maximum Gasteiger partial charge on any atom is 0.422 e. The van der Waals surface area contributed by atoms with Crippen molar-refractivity contribution in [2.75, 3.05) is 0 Å². The molecular weight excluding hydrogens is 276 g/mol. The van der Waals surface area contributed by atoms with Crippen LogP contribution in [0.3, 0.4) is 0 Å². The van der Waals surface area contributed by atoms with Crippen molar-refractivity contribution in [1.82, 2.24) is 10.9 Å². The van der Waals surface area contributed by atoms with E-state index < -0.39 is 11.7 Å². The highest BCUT2D eigenvalue weighted by Crippen LogP contribution is 2.37. The number of benzene rings is 1. The van der Waals surface area contributed by atoms with Crippen LogP contribution in [0.1, 0.15) is 45.1 Å². The summed E-state index contributed by atoms with van der Waals surface area (Å²) in [5.74, 6) is 0.506. The second-order valence-corrected chi connectivity index (χ2v) is 6.63. The van der Waals surface area contributed by atoms with Crippen LogP contribution in [0, 0.1) is 0 Å². The van der Waals surface area contributed by atoms with Gasteiger partial charge in [0.15, 0.2) is 0 Å². The molecule has 1 saturated carbocycles. The first-order valence-electron chi connectivity index (χ1n) is 6.83. The molecule has 2 rings (SSSR count). The molecule has 0 aliphatic heterocycles. The maximum atomic E-state index is 11.5. The Bertz CT molecular complexity index is 479. The topological polar surface area (TPSA) is 50.4 Å². The zero-order chi connectivity index (χ0) is 14.8. The average Bonchev–Trinajstić information content (AvgIpc) is 2.24. The summed E-state index contributed by atoms with van der Waals surface area (Å²) in [6, 6.07) is 8.23. The normalized spacial score (nSPS) is 22.0. The van der Waals surface area contributed by atoms with Crippen molar-refractivity contribution in [1.29, 1.82) is 0 Å². The Kier molecular flexibility index (Phi) is 4.55. The van der Waals surface area contributed by atoms with Crippen LogP contribution in [0.15, 0.2) is 24.3 Å². The molecular formula is C15H21ClN2O2. The lowest BCUT2D eigenvalue weighted by molar-refractivity contribution is 0.0471. The van der Waals surface area contributed by atoms with Gasteiger partial charge in [0.25, 0.3) is 0 Å². The van der Waals surface area contributed by atoms with Gasteiger partial charge in [-0.2, -0.15) is 0 Å². The monoisotopic (exact) mass is 296 g/mol. The fourth-order valence-electron chi connectivity index (χ4n) is 2.23. The third-order valence-electron chi connectivity index (χ3n) is 3.24. The summed E-state index contributed by atoms with van der Waals surface area (Å²) in [4.78, 5) is 11.5. The molecule has 1 amide bonds. The van der Waals surface area contributed by atoms with Crippen molar-refractivity contribution in [3.63, 3.8) is 0 Å². The fourth-order valence-corrected chi connectivity index (χ4v) is 2.43. The molecule has 0 spiro atoms. The van der Waals surface area contributed by atoms with E-state index in [1.807, 2.05) is 39.0 Å². The molecule has 2 N–H and O–H groups in total. The summed E-state index contributed by atoms with van der Waals surface area (Å²) in [7, 11) is 0. The summed E-state index contributed by atoms with van der Waals surface area (Å²) in [6.45, 7) is 5.52. The van der Waals surface area contributed by atoms with E-state index in [1.54, 1.807) is 0 Å². The van der Waals surface area contributed by atoms with Gasteiger partial charge >= 0.3 is 6.09 Å². The first-order chi connectivity index (χ1) is 9.33. The number of nitrogens with one attached hydrogen (secondary N) is 2. The fraction of sp³-hybridized carbons (Fsp3) is 0.533. The van der Waals surface area contributed by atoms with E-state index >= 15 is 0 Å². The van der Waals surface area contributed by atoms with Crippen LogP contribution in [0.4, 0.5) is 4.79 Å². The number of carbonyl (C=O) groups excluding carboxylic acids is 1. The van der Waals surface area contributed by atoms with Crippen LogP contribution in [0.5, 0.6) is 0 Å². The second-order valence-electron chi connectivity index (χ2n) is 6.19. The smallest absolute Gasteiger partial charge is 0.422 e. The summed E-state index contributed by atoms with van der Waals surface area (Å²) in [5.41, 5.74) is 6.37. The zero-order valence-electron chi connectivity index (χ0n) is 12.1. The molecule has 0 saturated heterocycles. The molecule has 1 aliphatic rings. The summed E-state index contributed by atoms with van der Waals surface area (Å²) in [6.07, 6.45) is 1.52. The third kappa shape index (κ3) is 4.39. The number of carbonyl (C=O) groups is 1. The Labute approximate surface area is 124 Å². The third-order valence-corrected chi connectivity index (χ3v) is 3.47. The van der Waals surface area contributed by atoms with Crippen LogP contribution < -0.4 is 10.9 Å². The summed E-state index contributed by atoms with van der Waals surface area (Å²) < 4.78 is 5.15. The molecule has 1 aromatic rings. The number of rotatable bonds is 3. The van der Waals surface area contributed by atoms with Crippen LogP contribution in [-0.2, 0) is 4.74 Å². The second kappa shape index (κ2) is 6.02. The van der Waals surface area contributed by atoms with Gasteiger partial charge < -0.3 is 4.74 Å². The molecule has 0 aromatic heterocycles. The Morgan fingerprint density at radius 2 is 2.05 bits per heavy atom. The van der Waals surface area contributed by atoms with E-state index in [0.717, 1.165) is 17.9 Å². The van der Waals surface area contributed by atoms with Gasteiger partial charge in [-0.05, 0) is 57.2 Å². The SMILES string of the molecule is CC(C)(C)OC(=O)NNC1CC(c2cccc(Cl)c2)C1. The summed E-state index contributed by atoms with van der Waals surface area (Å²) >= 11 is 5.98. The minimum Gasteiger partial charge on any atom is -0.443 e. The molecule has 110 valence electrons. The lowest BCUT2D eigenvalue weighted by atomic mass is 9.76. The standard InChI is InChI=1S/C15H21ClN2O2/c1-15(2,3)20-14(19)18-17-13-8-11(9-13)10-5-4-6-12(16)7-10/h4-7,11,13,17H,8-9H2,1-3H3,(H,18,19). The molecule has 1 aliphatic carbocycles. The van der Waals surface area contributed by atoms with Gasteiger partial charge in [-0.3, -0.25) is 5.43 Å². The van der Waals surface area contributed by atoms with Crippen LogP contribution >= 0.6 is 11.6 Å². The van der Waals surface area contributed by atoms with Crippen LogP contribution in [0.25, 0.3) is 0 Å². The molecule has 1 aromatic carbocycles. The minimum atomic E-state index is -0.477. The number of halogens is 1. The van der Waals surface area contributed by atoms with Gasteiger partial charge in [-0.25, -0.2) is 10.2 Å². The van der Waals surface area contributed by atoms with Gasteiger partial charge in [-0.15, -0.1) is 0 Å². The first kappa shape index (κ1) is 15.1. The molecule has 5 heteroatoms. The molecule has 0 heterocycles. The van der Waals surface area contributed by atoms with Gasteiger partial charge in [-0.1, -0.05) is 23.7 Å². The number of hydrogen-bond acceptors (Lipinski definition) is 3. The Balaban J connectivity index is 1.71. The van der Waals surface area contributed by atoms with E-state index in [-0.39, 0.29) is 6.04 Å².